The van der Waals surface area contributed by atoms with Crippen LogP contribution in [-0.2, 0) is 13.0 Å². The first-order valence-electron chi connectivity index (χ1n) is 7.20. The first kappa shape index (κ1) is 14.6. The van der Waals surface area contributed by atoms with E-state index in [1.54, 1.807) is 0 Å². The zero-order valence-electron chi connectivity index (χ0n) is 12.1. The molecule has 2 aromatic carbocycles. The van der Waals surface area contributed by atoms with E-state index < -0.39 is 0 Å². The van der Waals surface area contributed by atoms with Gasteiger partial charge in [0.25, 0.3) is 0 Å². The molecule has 3 rings (SSSR count). The molecule has 1 aromatic heterocycles. The van der Waals surface area contributed by atoms with Gasteiger partial charge in [0.2, 0.25) is 0 Å². The second-order valence-electron chi connectivity index (χ2n) is 5.61. The minimum absolute atomic E-state index is 0.183. The summed E-state index contributed by atoms with van der Waals surface area (Å²) in [6, 6.07) is 17.5. The molecule has 0 aliphatic carbocycles. The van der Waals surface area contributed by atoms with E-state index in [-0.39, 0.29) is 6.04 Å². The molecular weight excluding hydrogens is 371 g/mol. The lowest BCUT2D eigenvalue weighted by atomic mass is 10.1. The lowest BCUT2D eigenvalue weighted by molar-refractivity contribution is 0.735. The summed E-state index contributed by atoms with van der Waals surface area (Å²) >= 11 is 2.34. The van der Waals surface area contributed by atoms with Gasteiger partial charge in [0.1, 0.15) is 0 Å². The highest BCUT2D eigenvalue weighted by atomic mass is 127. The Bertz CT molecular complexity index is 742. The average Bonchev–Trinajstić information content (AvgIpc) is 2.79. The molecule has 0 saturated carbocycles. The Morgan fingerprint density at radius 2 is 1.81 bits per heavy atom. The first-order chi connectivity index (χ1) is 10.1. The van der Waals surface area contributed by atoms with E-state index in [4.69, 9.17) is 5.73 Å². The standard InChI is InChI=1S/C18H19IN2/c1-13(20)10-15-12-21(18-5-3-2-4-17(15)18)11-14-6-8-16(19)9-7-14/h2-9,12-13H,10-11,20H2,1H3. The summed E-state index contributed by atoms with van der Waals surface area (Å²) in [4.78, 5) is 0. The maximum absolute atomic E-state index is 5.98. The fourth-order valence-corrected chi connectivity index (χ4v) is 3.11. The van der Waals surface area contributed by atoms with E-state index >= 15 is 0 Å². The molecule has 0 radical (unpaired) electrons. The fraction of sp³-hybridized carbons (Fsp3) is 0.222. The SMILES string of the molecule is CC(N)Cc1cn(Cc2ccc(I)cc2)c2ccccc12. The summed E-state index contributed by atoms with van der Waals surface area (Å²) < 4.78 is 3.60. The van der Waals surface area contributed by atoms with E-state index in [1.807, 2.05) is 0 Å². The second kappa shape index (κ2) is 6.20. The number of halogens is 1. The Kier molecular flexibility index (Phi) is 4.31. The number of para-hydroxylation sites is 1. The number of aromatic nitrogens is 1. The van der Waals surface area contributed by atoms with E-state index in [0.717, 1.165) is 13.0 Å². The predicted octanol–water partition coefficient (Wildman–Crippen LogP) is 4.18. The third kappa shape index (κ3) is 3.30. The molecular formula is C18H19IN2. The second-order valence-corrected chi connectivity index (χ2v) is 6.85. The van der Waals surface area contributed by atoms with Crippen LogP contribution in [0.4, 0.5) is 0 Å². The molecule has 0 fully saturated rings. The smallest absolute Gasteiger partial charge is 0.0486 e. The number of hydrogen-bond donors (Lipinski definition) is 1. The van der Waals surface area contributed by atoms with Crippen molar-refractivity contribution in [1.29, 1.82) is 0 Å². The highest BCUT2D eigenvalue weighted by Crippen LogP contribution is 2.23. The zero-order chi connectivity index (χ0) is 14.8. The number of hydrogen-bond acceptors (Lipinski definition) is 1. The number of rotatable bonds is 4. The summed E-state index contributed by atoms with van der Waals surface area (Å²) in [7, 11) is 0. The van der Waals surface area contributed by atoms with Gasteiger partial charge >= 0.3 is 0 Å². The van der Waals surface area contributed by atoms with Crippen LogP contribution in [0.5, 0.6) is 0 Å². The lowest BCUT2D eigenvalue weighted by Gasteiger charge is -2.05. The molecule has 0 spiro atoms. The van der Waals surface area contributed by atoms with Crippen molar-refractivity contribution in [2.75, 3.05) is 0 Å². The number of benzene rings is 2. The lowest BCUT2D eigenvalue weighted by Crippen LogP contribution is -2.17. The Labute approximate surface area is 139 Å². The average molecular weight is 390 g/mol. The van der Waals surface area contributed by atoms with Crippen LogP contribution in [0, 0.1) is 3.57 Å². The molecule has 0 aliphatic heterocycles. The molecule has 2 N–H and O–H groups in total. The maximum Gasteiger partial charge on any atom is 0.0486 e. The molecule has 2 nitrogen and oxygen atoms in total. The van der Waals surface area contributed by atoms with Crippen molar-refractivity contribution in [3.05, 3.63) is 69.4 Å². The van der Waals surface area contributed by atoms with Gasteiger partial charge in [-0.05, 0) is 65.3 Å². The van der Waals surface area contributed by atoms with Crippen molar-refractivity contribution in [3.8, 4) is 0 Å². The van der Waals surface area contributed by atoms with E-state index in [0.29, 0.717) is 0 Å². The van der Waals surface area contributed by atoms with Crippen LogP contribution in [0.2, 0.25) is 0 Å². The van der Waals surface area contributed by atoms with Gasteiger partial charge in [-0.2, -0.15) is 0 Å². The number of nitrogens with two attached hydrogens (primary N) is 1. The Morgan fingerprint density at radius 1 is 1.10 bits per heavy atom. The monoisotopic (exact) mass is 390 g/mol. The molecule has 1 unspecified atom stereocenters. The molecule has 21 heavy (non-hydrogen) atoms. The molecule has 0 aliphatic rings. The molecule has 3 aromatic rings. The highest BCUT2D eigenvalue weighted by molar-refractivity contribution is 14.1. The first-order valence-corrected chi connectivity index (χ1v) is 8.28. The fourth-order valence-electron chi connectivity index (χ4n) is 2.75. The van der Waals surface area contributed by atoms with Crippen molar-refractivity contribution in [2.24, 2.45) is 5.73 Å². The van der Waals surface area contributed by atoms with Gasteiger partial charge in [0.15, 0.2) is 0 Å². The van der Waals surface area contributed by atoms with Crippen molar-refractivity contribution >= 4 is 33.5 Å². The van der Waals surface area contributed by atoms with Crippen LogP contribution in [0.15, 0.2) is 54.7 Å². The quantitative estimate of drug-likeness (QED) is 0.666. The largest absolute Gasteiger partial charge is 0.343 e. The number of fused-ring (bicyclic) bond motifs is 1. The predicted molar refractivity (Wildman–Crippen MR) is 97.6 cm³/mol. The third-order valence-corrected chi connectivity index (χ3v) is 4.40. The van der Waals surface area contributed by atoms with E-state index in [2.05, 4.69) is 88.8 Å². The van der Waals surface area contributed by atoms with Gasteiger partial charge < -0.3 is 10.3 Å². The minimum Gasteiger partial charge on any atom is -0.343 e. The molecule has 1 heterocycles. The van der Waals surface area contributed by atoms with Crippen molar-refractivity contribution < 1.29 is 0 Å². The highest BCUT2D eigenvalue weighted by Gasteiger charge is 2.09. The summed E-state index contributed by atoms with van der Waals surface area (Å²) in [6.07, 6.45) is 3.17. The van der Waals surface area contributed by atoms with Gasteiger partial charge in [-0.3, -0.25) is 0 Å². The van der Waals surface area contributed by atoms with Crippen molar-refractivity contribution in [3.63, 3.8) is 0 Å². The van der Waals surface area contributed by atoms with Crippen LogP contribution >= 0.6 is 22.6 Å². The number of nitrogens with zero attached hydrogens (tertiary/aromatic N) is 1. The topological polar surface area (TPSA) is 30.9 Å². The van der Waals surface area contributed by atoms with Crippen molar-refractivity contribution in [2.45, 2.75) is 25.9 Å². The van der Waals surface area contributed by atoms with E-state index in [1.165, 1.54) is 25.6 Å². The molecule has 3 heteroatoms. The molecule has 0 saturated heterocycles. The van der Waals surface area contributed by atoms with Gasteiger partial charge in [-0.1, -0.05) is 30.3 Å². The van der Waals surface area contributed by atoms with Crippen LogP contribution < -0.4 is 5.73 Å². The van der Waals surface area contributed by atoms with Crippen molar-refractivity contribution in [1.82, 2.24) is 4.57 Å². The van der Waals surface area contributed by atoms with Gasteiger partial charge in [0, 0.05) is 33.3 Å². The van der Waals surface area contributed by atoms with Gasteiger partial charge in [-0.15, -0.1) is 0 Å². The normalized spacial score (nSPS) is 12.7. The summed E-state index contributed by atoms with van der Waals surface area (Å²) in [5, 5.41) is 1.32. The molecule has 108 valence electrons. The third-order valence-electron chi connectivity index (χ3n) is 3.68. The van der Waals surface area contributed by atoms with Crippen LogP contribution in [-0.4, -0.2) is 10.6 Å². The Morgan fingerprint density at radius 3 is 2.52 bits per heavy atom. The zero-order valence-corrected chi connectivity index (χ0v) is 14.2. The summed E-state index contributed by atoms with van der Waals surface area (Å²) in [5.41, 5.74) is 9.93. The summed E-state index contributed by atoms with van der Waals surface area (Å²) in [6.45, 7) is 2.96. The van der Waals surface area contributed by atoms with Crippen LogP contribution in [0.3, 0.4) is 0 Å². The maximum atomic E-state index is 5.98. The van der Waals surface area contributed by atoms with Crippen LogP contribution in [0.25, 0.3) is 10.9 Å². The molecule has 0 amide bonds. The van der Waals surface area contributed by atoms with Gasteiger partial charge in [0.05, 0.1) is 0 Å². The molecule has 1 atom stereocenters. The molecule has 0 bridgehead atoms. The Balaban J connectivity index is 2.00. The summed E-state index contributed by atoms with van der Waals surface area (Å²) in [5.74, 6) is 0. The van der Waals surface area contributed by atoms with Crippen LogP contribution in [0.1, 0.15) is 18.1 Å². The minimum atomic E-state index is 0.183. The van der Waals surface area contributed by atoms with Gasteiger partial charge in [-0.25, -0.2) is 0 Å². The van der Waals surface area contributed by atoms with E-state index in [9.17, 15) is 0 Å². The Hall–Kier alpha value is -1.33.